The van der Waals surface area contributed by atoms with Crippen molar-refractivity contribution in [1.82, 2.24) is 0 Å². The molecular weight excluding hydrogens is 224 g/mol. The Morgan fingerprint density at radius 3 is 1.50 bits per heavy atom. The van der Waals surface area contributed by atoms with Gasteiger partial charge in [0.25, 0.3) is 0 Å². The van der Waals surface area contributed by atoms with Crippen LogP contribution in [-0.2, 0) is 0 Å². The van der Waals surface area contributed by atoms with Crippen LogP contribution in [0.5, 0.6) is 0 Å². The zero-order valence-electron chi connectivity index (χ0n) is 3.91. The van der Waals surface area contributed by atoms with Crippen molar-refractivity contribution in [3.05, 3.63) is 0 Å². The molecule has 0 rings (SSSR count). The van der Waals surface area contributed by atoms with Crippen LogP contribution in [0, 0.1) is 0 Å². The van der Waals surface area contributed by atoms with Crippen molar-refractivity contribution < 1.29 is 0 Å². The van der Waals surface area contributed by atoms with E-state index < -0.39 is 6.04 Å². The van der Waals surface area contributed by atoms with Crippen LogP contribution in [-0.4, -0.2) is 6.04 Å². The van der Waals surface area contributed by atoms with Crippen LogP contribution in [0.4, 0.5) is 0 Å². The second-order valence-electron chi connectivity index (χ2n) is 1.58. The van der Waals surface area contributed by atoms with Crippen molar-refractivity contribution in [2.45, 2.75) is 19.4 Å². The molecule has 0 N–H and O–H groups in total. The summed E-state index contributed by atoms with van der Waals surface area (Å²) in [6.45, 7) is 4.42. The molecule has 0 saturated heterocycles. The standard InChI is InChI=1S/C3H8Br2Si/c1-3(2)6(4)5/h3,6H,1-2H3. The van der Waals surface area contributed by atoms with E-state index in [4.69, 9.17) is 0 Å². The summed E-state index contributed by atoms with van der Waals surface area (Å²) in [7, 11) is 0. The van der Waals surface area contributed by atoms with Gasteiger partial charge in [0.15, 0.2) is 6.04 Å². The monoisotopic (exact) mass is 230 g/mol. The van der Waals surface area contributed by atoms with Crippen LogP contribution in [0.1, 0.15) is 13.8 Å². The molecule has 38 valence electrons. The van der Waals surface area contributed by atoms with E-state index in [0.29, 0.717) is 0 Å². The van der Waals surface area contributed by atoms with Crippen molar-refractivity contribution in [3.8, 4) is 0 Å². The molecule has 0 atom stereocenters. The molecule has 0 aromatic carbocycles. The van der Waals surface area contributed by atoms with Crippen LogP contribution in [0.25, 0.3) is 0 Å². The molecule has 0 radical (unpaired) electrons. The topological polar surface area (TPSA) is 0 Å². The van der Waals surface area contributed by atoms with Crippen LogP contribution in [0.15, 0.2) is 0 Å². The molecule has 0 bridgehead atoms. The number of hydrogen-bond donors (Lipinski definition) is 0. The molecule has 0 aliphatic heterocycles. The number of halogens is 2. The van der Waals surface area contributed by atoms with Gasteiger partial charge in [-0.05, 0) is 5.54 Å². The zero-order chi connectivity index (χ0) is 5.15. The molecule has 0 saturated carbocycles. The smallest absolute Gasteiger partial charge is 0.115 e. The van der Waals surface area contributed by atoms with Gasteiger partial charge in [-0.15, -0.1) is 30.6 Å². The highest BCUT2D eigenvalue weighted by Gasteiger charge is 2.03. The molecule has 0 aliphatic carbocycles. The van der Waals surface area contributed by atoms with Gasteiger partial charge in [-0.1, -0.05) is 13.8 Å². The van der Waals surface area contributed by atoms with Crippen molar-refractivity contribution in [1.29, 1.82) is 0 Å². The Bertz CT molecular complexity index is 29.8. The van der Waals surface area contributed by atoms with Gasteiger partial charge in [0.2, 0.25) is 0 Å². The van der Waals surface area contributed by atoms with Gasteiger partial charge in [0.1, 0.15) is 0 Å². The maximum Gasteiger partial charge on any atom is 0.189 e. The molecular formula is C3H8Br2Si. The highest BCUT2D eigenvalue weighted by molar-refractivity contribution is 9.49. The summed E-state index contributed by atoms with van der Waals surface area (Å²) in [6.07, 6.45) is 0. The van der Waals surface area contributed by atoms with Crippen LogP contribution >= 0.6 is 30.6 Å². The molecule has 0 fully saturated rings. The molecule has 0 aliphatic rings. The molecule has 0 unspecified atom stereocenters. The van der Waals surface area contributed by atoms with Gasteiger partial charge in [-0.25, -0.2) is 0 Å². The van der Waals surface area contributed by atoms with Gasteiger partial charge in [0, 0.05) is 0 Å². The summed E-state index contributed by atoms with van der Waals surface area (Å²) >= 11 is 6.99. The van der Waals surface area contributed by atoms with Gasteiger partial charge >= 0.3 is 0 Å². The van der Waals surface area contributed by atoms with E-state index >= 15 is 0 Å². The average Bonchev–Trinajstić information content (AvgIpc) is 1.36. The predicted octanol–water partition coefficient (Wildman–Crippen LogP) is 2.41. The first-order valence-corrected chi connectivity index (χ1v) is 8.96. The van der Waals surface area contributed by atoms with E-state index in [2.05, 4.69) is 44.4 Å². The van der Waals surface area contributed by atoms with Gasteiger partial charge < -0.3 is 0 Å². The third kappa shape index (κ3) is 3.37. The lowest BCUT2D eigenvalue weighted by molar-refractivity contribution is 1.07. The molecule has 3 heteroatoms. The largest absolute Gasteiger partial charge is 0.189 e. The molecule has 0 aromatic rings. The lowest BCUT2D eigenvalue weighted by atomic mass is 10.6. The minimum Gasteiger partial charge on any atom is -0.115 e. The highest BCUT2D eigenvalue weighted by atomic mass is 79.9. The lowest BCUT2D eigenvalue weighted by Gasteiger charge is -1.98. The summed E-state index contributed by atoms with van der Waals surface area (Å²) in [5.41, 5.74) is 0.824. The third-order valence-corrected chi connectivity index (χ3v) is 7.86. The minimum absolute atomic E-state index is 0.619. The Labute approximate surface area is 56.1 Å². The first kappa shape index (κ1) is 7.18. The van der Waals surface area contributed by atoms with E-state index in [0.717, 1.165) is 5.54 Å². The van der Waals surface area contributed by atoms with Gasteiger partial charge in [-0.2, -0.15) is 0 Å². The maximum absolute atomic E-state index is 3.49. The Balaban J connectivity index is 2.99. The van der Waals surface area contributed by atoms with E-state index in [1.807, 2.05) is 0 Å². The SMILES string of the molecule is CC(C)[SiH](Br)Br. The molecule has 0 spiro atoms. The zero-order valence-corrected chi connectivity index (χ0v) is 8.24. The van der Waals surface area contributed by atoms with E-state index in [1.165, 1.54) is 0 Å². The molecule has 0 nitrogen and oxygen atoms in total. The van der Waals surface area contributed by atoms with Crippen molar-refractivity contribution in [3.63, 3.8) is 0 Å². The minimum atomic E-state index is -0.619. The van der Waals surface area contributed by atoms with Crippen molar-refractivity contribution >= 4 is 36.6 Å². The average molecular weight is 232 g/mol. The quantitative estimate of drug-likeness (QED) is 0.481. The Morgan fingerprint density at radius 2 is 1.50 bits per heavy atom. The Morgan fingerprint density at radius 1 is 1.33 bits per heavy atom. The second kappa shape index (κ2) is 3.21. The number of rotatable bonds is 1. The van der Waals surface area contributed by atoms with E-state index in [1.54, 1.807) is 0 Å². The summed E-state index contributed by atoms with van der Waals surface area (Å²) in [4.78, 5) is 0. The summed E-state index contributed by atoms with van der Waals surface area (Å²) in [5, 5.41) is 0. The Hall–Kier alpha value is 1.18. The van der Waals surface area contributed by atoms with Crippen molar-refractivity contribution in [2.24, 2.45) is 0 Å². The third-order valence-electron chi connectivity index (χ3n) is 0.504. The predicted molar refractivity (Wildman–Crippen MR) is 40.1 cm³/mol. The normalized spacial score (nSPS) is 11.0. The lowest BCUT2D eigenvalue weighted by Crippen LogP contribution is -1.94. The summed E-state index contributed by atoms with van der Waals surface area (Å²) in [6, 6.07) is -0.619. The molecule has 0 amide bonds. The fourth-order valence-corrected chi connectivity index (χ4v) is 0. The maximum atomic E-state index is 3.49. The summed E-state index contributed by atoms with van der Waals surface area (Å²) < 4.78 is 0. The van der Waals surface area contributed by atoms with Crippen LogP contribution in [0.3, 0.4) is 0 Å². The van der Waals surface area contributed by atoms with Crippen molar-refractivity contribution in [2.75, 3.05) is 0 Å². The Kier molecular flexibility index (Phi) is 3.84. The molecule has 6 heavy (non-hydrogen) atoms. The summed E-state index contributed by atoms with van der Waals surface area (Å²) in [5.74, 6) is 0. The molecule has 0 aromatic heterocycles. The van der Waals surface area contributed by atoms with E-state index in [9.17, 15) is 0 Å². The van der Waals surface area contributed by atoms with Crippen LogP contribution < -0.4 is 0 Å². The second-order valence-corrected chi connectivity index (χ2v) is 13.2. The van der Waals surface area contributed by atoms with Gasteiger partial charge in [0.05, 0.1) is 0 Å². The van der Waals surface area contributed by atoms with Crippen LogP contribution in [0.2, 0.25) is 5.54 Å². The van der Waals surface area contributed by atoms with Gasteiger partial charge in [-0.3, -0.25) is 0 Å². The molecule has 0 heterocycles. The van der Waals surface area contributed by atoms with E-state index in [-0.39, 0.29) is 0 Å². The first-order valence-electron chi connectivity index (χ1n) is 1.92. The first-order chi connectivity index (χ1) is 2.64. The fourth-order valence-electron chi connectivity index (χ4n) is 0. The fraction of sp³-hybridized carbons (Fsp3) is 1.00. The number of hydrogen-bond acceptors (Lipinski definition) is 0. The highest BCUT2D eigenvalue weighted by Crippen LogP contribution is 2.17.